The summed E-state index contributed by atoms with van der Waals surface area (Å²) in [5, 5.41) is 17.4. The van der Waals surface area contributed by atoms with Crippen LogP contribution in [-0.2, 0) is 6.42 Å². The number of aromatic nitrogens is 1. The molecule has 0 saturated carbocycles. The van der Waals surface area contributed by atoms with E-state index in [2.05, 4.69) is 22.5 Å². The zero-order valence-electron chi connectivity index (χ0n) is 12.6. The Balaban J connectivity index is 1.95. The van der Waals surface area contributed by atoms with Gasteiger partial charge in [-0.3, -0.25) is 5.32 Å². The van der Waals surface area contributed by atoms with Crippen molar-refractivity contribution in [2.45, 2.75) is 32.2 Å². The standard InChI is InChI=1S/C16H21N3O2S/c1-2-6-13-11-22-16(17-13)19-15(21)18-14(9-10-20)12-7-4-3-5-8-12/h3-5,7-8,11,14,20H,2,6,9-10H2,1H3,(H2,17,18,19,21)/t14-/m1/s1. The molecule has 1 atom stereocenters. The van der Waals surface area contributed by atoms with Crippen molar-refractivity contribution in [3.05, 3.63) is 47.0 Å². The number of hydrogen-bond acceptors (Lipinski definition) is 4. The number of aliphatic hydroxyl groups is 1. The van der Waals surface area contributed by atoms with Gasteiger partial charge in [-0.2, -0.15) is 0 Å². The lowest BCUT2D eigenvalue weighted by Gasteiger charge is -2.18. The zero-order valence-corrected chi connectivity index (χ0v) is 13.4. The fourth-order valence-corrected chi connectivity index (χ4v) is 2.90. The largest absolute Gasteiger partial charge is 0.396 e. The van der Waals surface area contributed by atoms with Crippen LogP contribution in [0.5, 0.6) is 0 Å². The first kappa shape index (κ1) is 16.5. The Hall–Kier alpha value is -1.92. The molecule has 0 aliphatic heterocycles. The van der Waals surface area contributed by atoms with Crippen molar-refractivity contribution in [1.82, 2.24) is 10.3 Å². The SMILES string of the molecule is CCCc1csc(NC(=O)N[C@H](CCO)c2ccccc2)n1. The molecule has 0 aliphatic rings. The van der Waals surface area contributed by atoms with E-state index in [0.29, 0.717) is 11.6 Å². The molecule has 118 valence electrons. The fourth-order valence-electron chi connectivity index (χ4n) is 2.16. The maximum absolute atomic E-state index is 12.1. The molecule has 5 nitrogen and oxygen atoms in total. The second-order valence-corrected chi connectivity index (χ2v) is 5.83. The van der Waals surface area contributed by atoms with Crippen molar-refractivity contribution < 1.29 is 9.90 Å². The molecule has 0 bridgehead atoms. The first-order chi connectivity index (χ1) is 10.7. The molecule has 1 heterocycles. The number of nitrogens with zero attached hydrogens (tertiary/aromatic N) is 1. The van der Waals surface area contributed by atoms with Crippen LogP contribution in [-0.4, -0.2) is 22.7 Å². The van der Waals surface area contributed by atoms with Gasteiger partial charge in [-0.1, -0.05) is 43.7 Å². The molecule has 0 spiro atoms. The molecule has 1 aromatic heterocycles. The van der Waals surface area contributed by atoms with Crippen LogP contribution in [0.1, 0.15) is 37.1 Å². The van der Waals surface area contributed by atoms with E-state index in [1.165, 1.54) is 11.3 Å². The third kappa shape index (κ3) is 4.82. The Morgan fingerprint density at radius 3 is 2.82 bits per heavy atom. The molecule has 0 aliphatic carbocycles. The monoisotopic (exact) mass is 319 g/mol. The Morgan fingerprint density at radius 2 is 2.14 bits per heavy atom. The Kier molecular flexibility index (Phi) is 6.36. The van der Waals surface area contributed by atoms with Crippen LogP contribution < -0.4 is 10.6 Å². The van der Waals surface area contributed by atoms with Gasteiger partial charge in [-0.25, -0.2) is 9.78 Å². The van der Waals surface area contributed by atoms with E-state index in [4.69, 9.17) is 0 Å². The number of rotatable bonds is 7. The van der Waals surface area contributed by atoms with E-state index in [1.54, 1.807) is 0 Å². The van der Waals surface area contributed by atoms with E-state index in [-0.39, 0.29) is 18.7 Å². The number of anilines is 1. The lowest BCUT2D eigenvalue weighted by Crippen LogP contribution is -2.33. The molecular weight excluding hydrogens is 298 g/mol. The number of aliphatic hydroxyl groups excluding tert-OH is 1. The number of hydrogen-bond donors (Lipinski definition) is 3. The van der Waals surface area contributed by atoms with Crippen LogP contribution in [0.2, 0.25) is 0 Å². The highest BCUT2D eigenvalue weighted by atomic mass is 32.1. The highest BCUT2D eigenvalue weighted by Gasteiger charge is 2.14. The van der Waals surface area contributed by atoms with Crippen LogP contribution in [0.25, 0.3) is 0 Å². The van der Waals surface area contributed by atoms with Gasteiger partial charge < -0.3 is 10.4 Å². The lowest BCUT2D eigenvalue weighted by molar-refractivity contribution is 0.239. The van der Waals surface area contributed by atoms with E-state index in [9.17, 15) is 9.90 Å². The smallest absolute Gasteiger partial charge is 0.321 e. The van der Waals surface area contributed by atoms with Crippen molar-refractivity contribution in [2.75, 3.05) is 11.9 Å². The summed E-state index contributed by atoms with van der Waals surface area (Å²) in [6.07, 6.45) is 2.41. The number of carbonyl (C=O) groups is 1. The number of carbonyl (C=O) groups excluding carboxylic acids is 1. The minimum atomic E-state index is -0.306. The van der Waals surface area contributed by atoms with Crippen LogP contribution in [0.4, 0.5) is 9.93 Å². The van der Waals surface area contributed by atoms with E-state index < -0.39 is 0 Å². The fraction of sp³-hybridized carbons (Fsp3) is 0.375. The molecule has 0 saturated heterocycles. The highest BCUT2D eigenvalue weighted by molar-refractivity contribution is 7.13. The van der Waals surface area contributed by atoms with Gasteiger partial charge in [0.25, 0.3) is 0 Å². The van der Waals surface area contributed by atoms with Gasteiger partial charge in [0, 0.05) is 12.0 Å². The van der Waals surface area contributed by atoms with Crippen LogP contribution in [0.15, 0.2) is 35.7 Å². The van der Waals surface area contributed by atoms with Crippen LogP contribution in [0.3, 0.4) is 0 Å². The predicted molar refractivity (Wildman–Crippen MR) is 89.1 cm³/mol. The van der Waals surface area contributed by atoms with Gasteiger partial charge >= 0.3 is 6.03 Å². The molecule has 1 aromatic carbocycles. The number of amides is 2. The first-order valence-electron chi connectivity index (χ1n) is 7.40. The summed E-state index contributed by atoms with van der Waals surface area (Å²) in [7, 11) is 0. The van der Waals surface area contributed by atoms with Gasteiger partial charge in [0.15, 0.2) is 5.13 Å². The van der Waals surface area contributed by atoms with Crippen LogP contribution in [0, 0.1) is 0 Å². The zero-order chi connectivity index (χ0) is 15.8. The maximum Gasteiger partial charge on any atom is 0.321 e. The molecule has 3 N–H and O–H groups in total. The van der Waals surface area contributed by atoms with Gasteiger partial charge in [-0.15, -0.1) is 11.3 Å². The Morgan fingerprint density at radius 1 is 1.36 bits per heavy atom. The summed E-state index contributed by atoms with van der Waals surface area (Å²) in [5.41, 5.74) is 1.97. The van der Waals surface area contributed by atoms with Crippen LogP contribution >= 0.6 is 11.3 Å². The quantitative estimate of drug-likeness (QED) is 0.733. The molecule has 0 fully saturated rings. The van der Waals surface area contributed by atoms with Gasteiger partial charge in [0.1, 0.15) is 0 Å². The molecule has 0 radical (unpaired) electrons. The van der Waals surface area contributed by atoms with Crippen molar-refractivity contribution in [3.8, 4) is 0 Å². The third-order valence-corrected chi connectivity index (χ3v) is 4.01. The summed E-state index contributed by atoms with van der Waals surface area (Å²) in [6, 6.07) is 9.09. The summed E-state index contributed by atoms with van der Waals surface area (Å²) < 4.78 is 0. The number of benzene rings is 1. The average Bonchev–Trinajstić information content (AvgIpc) is 2.95. The number of aryl methyl sites for hydroxylation is 1. The molecular formula is C16H21N3O2S. The maximum atomic E-state index is 12.1. The third-order valence-electron chi connectivity index (χ3n) is 3.20. The lowest BCUT2D eigenvalue weighted by atomic mass is 10.0. The minimum absolute atomic E-state index is 0.0116. The minimum Gasteiger partial charge on any atom is -0.396 e. The molecule has 6 heteroatoms. The van der Waals surface area contributed by atoms with Crippen molar-refractivity contribution in [3.63, 3.8) is 0 Å². The van der Waals surface area contributed by atoms with Gasteiger partial charge in [0.2, 0.25) is 0 Å². The topological polar surface area (TPSA) is 74.2 Å². The number of thiazole rings is 1. The van der Waals surface area contributed by atoms with Gasteiger partial charge in [0.05, 0.1) is 11.7 Å². The normalized spacial score (nSPS) is 11.9. The molecule has 2 amide bonds. The molecule has 2 rings (SSSR count). The highest BCUT2D eigenvalue weighted by Crippen LogP contribution is 2.18. The van der Waals surface area contributed by atoms with E-state index >= 15 is 0 Å². The summed E-state index contributed by atoms with van der Waals surface area (Å²) in [4.78, 5) is 16.5. The van der Waals surface area contributed by atoms with Crippen molar-refractivity contribution >= 4 is 22.5 Å². The summed E-state index contributed by atoms with van der Waals surface area (Å²) in [6.45, 7) is 2.11. The second kappa shape index (κ2) is 8.51. The van der Waals surface area contributed by atoms with Crippen molar-refractivity contribution in [2.24, 2.45) is 0 Å². The Labute approximate surface area is 134 Å². The Bertz CT molecular complexity index is 586. The second-order valence-electron chi connectivity index (χ2n) is 4.97. The van der Waals surface area contributed by atoms with Gasteiger partial charge in [-0.05, 0) is 18.4 Å². The average molecular weight is 319 g/mol. The van der Waals surface area contributed by atoms with E-state index in [0.717, 1.165) is 24.1 Å². The molecule has 22 heavy (non-hydrogen) atoms. The first-order valence-corrected chi connectivity index (χ1v) is 8.28. The summed E-state index contributed by atoms with van der Waals surface area (Å²) >= 11 is 1.42. The molecule has 0 unspecified atom stereocenters. The van der Waals surface area contributed by atoms with Crippen molar-refractivity contribution in [1.29, 1.82) is 0 Å². The number of nitrogens with one attached hydrogen (secondary N) is 2. The summed E-state index contributed by atoms with van der Waals surface area (Å²) in [5.74, 6) is 0. The van der Waals surface area contributed by atoms with E-state index in [1.807, 2.05) is 35.7 Å². The predicted octanol–water partition coefficient (Wildman–Crippen LogP) is 3.34. The number of urea groups is 1. The molecule has 2 aromatic rings.